The van der Waals surface area contributed by atoms with Gasteiger partial charge >= 0.3 is 12.0 Å². The number of ether oxygens (including phenoxy) is 1. The highest BCUT2D eigenvalue weighted by atomic mass is 16.5. The molecule has 0 aliphatic heterocycles. The van der Waals surface area contributed by atoms with Gasteiger partial charge in [0.25, 0.3) is 5.91 Å². The summed E-state index contributed by atoms with van der Waals surface area (Å²) in [5.74, 6) is -1.13. The number of nitrogens with one attached hydrogen (secondary N) is 3. The Kier molecular flexibility index (Phi) is 7.63. The van der Waals surface area contributed by atoms with Crippen LogP contribution in [0.1, 0.15) is 27.3 Å². The van der Waals surface area contributed by atoms with E-state index in [-0.39, 0.29) is 5.56 Å². The number of urea groups is 1. The second kappa shape index (κ2) is 11.2. The summed E-state index contributed by atoms with van der Waals surface area (Å²) in [5.41, 5.74) is 5.42. The molecule has 0 fully saturated rings. The molecule has 0 radical (unpaired) electrons. The van der Waals surface area contributed by atoms with E-state index < -0.39 is 24.5 Å². The summed E-state index contributed by atoms with van der Waals surface area (Å²) >= 11 is 0. The Labute approximate surface area is 214 Å². The van der Waals surface area contributed by atoms with Gasteiger partial charge in [-0.05, 0) is 69.3 Å². The number of anilines is 3. The normalized spacial score (nSPS) is 10.5. The number of aromatic nitrogens is 2. The van der Waals surface area contributed by atoms with Crippen LogP contribution in [0.2, 0.25) is 0 Å². The van der Waals surface area contributed by atoms with Gasteiger partial charge in [-0.15, -0.1) is 0 Å². The molecule has 9 heteroatoms. The maximum absolute atomic E-state index is 12.5. The molecule has 4 rings (SSSR count). The number of hydrogen-bond acceptors (Lipinski definition) is 5. The summed E-state index contributed by atoms with van der Waals surface area (Å²) in [6.07, 6.45) is 0. The molecule has 0 aliphatic rings. The summed E-state index contributed by atoms with van der Waals surface area (Å²) in [7, 11) is 0. The van der Waals surface area contributed by atoms with Gasteiger partial charge in [0, 0.05) is 11.4 Å². The molecule has 0 bridgehead atoms. The van der Waals surface area contributed by atoms with Gasteiger partial charge in [0.2, 0.25) is 0 Å². The second-order valence-corrected chi connectivity index (χ2v) is 8.44. The number of carbonyl (C=O) groups excluding carboxylic acids is 3. The zero-order chi connectivity index (χ0) is 26.4. The van der Waals surface area contributed by atoms with E-state index in [0.29, 0.717) is 22.8 Å². The van der Waals surface area contributed by atoms with Crippen molar-refractivity contribution in [1.29, 1.82) is 0 Å². The van der Waals surface area contributed by atoms with Gasteiger partial charge in [0.05, 0.1) is 28.3 Å². The fraction of sp³-hybridized carbons (Fsp3) is 0.143. The first kappa shape index (κ1) is 25.2. The fourth-order valence-electron chi connectivity index (χ4n) is 3.66. The minimum atomic E-state index is -0.653. The third kappa shape index (κ3) is 6.40. The highest BCUT2D eigenvalue weighted by Crippen LogP contribution is 2.23. The number of nitrogens with zero attached hydrogens (tertiary/aromatic N) is 2. The van der Waals surface area contributed by atoms with Gasteiger partial charge in [-0.1, -0.05) is 35.9 Å². The zero-order valence-electron chi connectivity index (χ0n) is 20.7. The van der Waals surface area contributed by atoms with E-state index in [9.17, 15) is 14.4 Å². The van der Waals surface area contributed by atoms with Crippen LogP contribution in [0.15, 0.2) is 78.9 Å². The molecule has 9 nitrogen and oxygen atoms in total. The van der Waals surface area contributed by atoms with Gasteiger partial charge in [0.1, 0.15) is 0 Å². The number of rotatable bonds is 7. The van der Waals surface area contributed by atoms with E-state index in [0.717, 1.165) is 16.9 Å². The van der Waals surface area contributed by atoms with Crippen molar-refractivity contribution < 1.29 is 19.1 Å². The SMILES string of the molecule is Cc1ccc(-n2nc(C)c(NC(=O)COC(=O)c3ccc(NC(=O)Nc4ccccc4)cc3)c2C)cc1. The summed E-state index contributed by atoms with van der Waals surface area (Å²) in [6.45, 7) is 5.22. The predicted octanol–water partition coefficient (Wildman–Crippen LogP) is 5.24. The van der Waals surface area contributed by atoms with Crippen LogP contribution in [-0.2, 0) is 9.53 Å². The number of aryl methyl sites for hydroxylation is 2. The van der Waals surface area contributed by atoms with Crippen molar-refractivity contribution in [3.8, 4) is 5.69 Å². The van der Waals surface area contributed by atoms with Crippen LogP contribution >= 0.6 is 0 Å². The topological polar surface area (TPSA) is 114 Å². The minimum absolute atomic E-state index is 0.251. The van der Waals surface area contributed by atoms with E-state index in [1.165, 1.54) is 12.1 Å². The van der Waals surface area contributed by atoms with Gasteiger partial charge in [-0.25, -0.2) is 14.3 Å². The molecule has 1 aromatic heterocycles. The molecule has 3 amide bonds. The Bertz CT molecular complexity index is 1410. The molecule has 0 spiro atoms. The van der Waals surface area contributed by atoms with E-state index in [1.807, 2.05) is 56.3 Å². The maximum atomic E-state index is 12.5. The third-order valence-electron chi connectivity index (χ3n) is 5.58. The lowest BCUT2D eigenvalue weighted by atomic mass is 10.2. The van der Waals surface area contributed by atoms with Crippen LogP contribution in [0, 0.1) is 20.8 Å². The number of esters is 1. The van der Waals surface area contributed by atoms with Crippen LogP contribution in [0.5, 0.6) is 0 Å². The summed E-state index contributed by atoms with van der Waals surface area (Å²) in [5, 5.41) is 12.7. The molecule has 3 N–H and O–H groups in total. The Morgan fingerprint density at radius 2 is 1.41 bits per heavy atom. The molecule has 0 unspecified atom stereocenters. The lowest BCUT2D eigenvalue weighted by molar-refractivity contribution is -0.119. The molecule has 3 aromatic carbocycles. The van der Waals surface area contributed by atoms with E-state index in [4.69, 9.17) is 4.74 Å². The second-order valence-electron chi connectivity index (χ2n) is 8.44. The first-order valence-corrected chi connectivity index (χ1v) is 11.6. The molecular formula is C28H27N5O4. The number of amides is 3. The average Bonchev–Trinajstić information content (AvgIpc) is 3.17. The minimum Gasteiger partial charge on any atom is -0.452 e. The van der Waals surface area contributed by atoms with Crippen molar-refractivity contribution in [3.05, 3.63) is 101 Å². The van der Waals surface area contributed by atoms with Crippen molar-refractivity contribution in [3.63, 3.8) is 0 Å². The number of carbonyl (C=O) groups is 3. The number of para-hydroxylation sites is 1. The molecule has 4 aromatic rings. The average molecular weight is 498 g/mol. The first-order chi connectivity index (χ1) is 17.8. The maximum Gasteiger partial charge on any atom is 0.338 e. The van der Waals surface area contributed by atoms with E-state index in [1.54, 1.807) is 35.9 Å². The number of benzene rings is 3. The summed E-state index contributed by atoms with van der Waals surface area (Å²) in [4.78, 5) is 37.0. The highest BCUT2D eigenvalue weighted by Gasteiger charge is 2.17. The lowest BCUT2D eigenvalue weighted by Crippen LogP contribution is -2.21. The van der Waals surface area contributed by atoms with Gasteiger partial charge in [0.15, 0.2) is 6.61 Å². The van der Waals surface area contributed by atoms with E-state index >= 15 is 0 Å². The largest absolute Gasteiger partial charge is 0.452 e. The quantitative estimate of drug-likeness (QED) is 0.302. The van der Waals surface area contributed by atoms with E-state index in [2.05, 4.69) is 21.0 Å². The molecule has 37 heavy (non-hydrogen) atoms. The first-order valence-electron chi connectivity index (χ1n) is 11.6. The van der Waals surface area contributed by atoms with Crippen molar-refractivity contribution in [2.45, 2.75) is 20.8 Å². The Morgan fingerprint density at radius 3 is 2.05 bits per heavy atom. The van der Waals surface area contributed by atoms with Gasteiger partial charge < -0.3 is 20.7 Å². The lowest BCUT2D eigenvalue weighted by Gasteiger charge is -2.09. The zero-order valence-corrected chi connectivity index (χ0v) is 20.7. The summed E-state index contributed by atoms with van der Waals surface area (Å²) < 4.78 is 6.92. The Morgan fingerprint density at radius 1 is 0.784 bits per heavy atom. The molecule has 0 aliphatic carbocycles. The number of hydrogen-bond donors (Lipinski definition) is 3. The standard InChI is InChI=1S/C28H27N5O4/c1-18-9-15-24(16-10-18)33-20(3)26(19(2)32-33)31-25(34)17-37-27(35)21-11-13-23(14-12-21)30-28(36)29-22-7-5-4-6-8-22/h4-16H,17H2,1-3H3,(H,31,34)(H2,29,30,36). The smallest absolute Gasteiger partial charge is 0.338 e. The van der Waals surface area contributed by atoms with Crippen LogP contribution in [0.4, 0.5) is 21.9 Å². The molecule has 0 atom stereocenters. The highest BCUT2D eigenvalue weighted by molar-refractivity contribution is 6.00. The summed E-state index contributed by atoms with van der Waals surface area (Å²) in [6, 6.07) is 22.7. The van der Waals surface area contributed by atoms with Crippen LogP contribution < -0.4 is 16.0 Å². The third-order valence-corrected chi connectivity index (χ3v) is 5.58. The Hall–Kier alpha value is -4.92. The van der Waals surface area contributed by atoms with Crippen molar-refractivity contribution >= 4 is 35.0 Å². The molecule has 188 valence electrons. The van der Waals surface area contributed by atoms with Crippen molar-refractivity contribution in [1.82, 2.24) is 9.78 Å². The predicted molar refractivity (Wildman–Crippen MR) is 142 cm³/mol. The van der Waals surface area contributed by atoms with Gasteiger partial charge in [-0.2, -0.15) is 5.10 Å². The molecule has 0 saturated heterocycles. The van der Waals surface area contributed by atoms with Crippen molar-refractivity contribution in [2.24, 2.45) is 0 Å². The monoisotopic (exact) mass is 497 g/mol. The van der Waals surface area contributed by atoms with Crippen molar-refractivity contribution in [2.75, 3.05) is 22.6 Å². The van der Waals surface area contributed by atoms with Crippen LogP contribution in [0.25, 0.3) is 5.69 Å². The fourth-order valence-corrected chi connectivity index (χ4v) is 3.66. The van der Waals surface area contributed by atoms with Crippen LogP contribution in [0.3, 0.4) is 0 Å². The molecular weight excluding hydrogens is 470 g/mol. The van der Waals surface area contributed by atoms with Gasteiger partial charge in [-0.3, -0.25) is 4.79 Å². The molecule has 1 heterocycles. The van der Waals surface area contributed by atoms with Crippen LogP contribution in [-0.4, -0.2) is 34.3 Å². The molecule has 0 saturated carbocycles. The Balaban J connectivity index is 1.30.